The molecule has 0 aliphatic carbocycles. The number of pyridine rings is 1. The van der Waals surface area contributed by atoms with E-state index in [0.29, 0.717) is 17.1 Å². The van der Waals surface area contributed by atoms with E-state index in [1.807, 2.05) is 0 Å². The van der Waals surface area contributed by atoms with E-state index < -0.39 is 10.0 Å². The van der Waals surface area contributed by atoms with Crippen LogP contribution in [-0.4, -0.2) is 19.6 Å². The van der Waals surface area contributed by atoms with Gasteiger partial charge >= 0.3 is 0 Å². The minimum absolute atomic E-state index is 0.151. The van der Waals surface area contributed by atoms with Crippen molar-refractivity contribution in [1.82, 2.24) is 4.98 Å². The molecule has 0 saturated heterocycles. The summed E-state index contributed by atoms with van der Waals surface area (Å²) >= 11 is 0. The molecule has 6 nitrogen and oxygen atoms in total. The maximum Gasteiger partial charge on any atom is 0.261 e. The van der Waals surface area contributed by atoms with E-state index >= 15 is 0 Å². The van der Waals surface area contributed by atoms with Crippen LogP contribution in [-0.2, 0) is 10.0 Å². The van der Waals surface area contributed by atoms with Gasteiger partial charge in [0.25, 0.3) is 10.0 Å². The molecule has 2 aromatic heterocycles. The fourth-order valence-corrected chi connectivity index (χ4v) is 2.89. The van der Waals surface area contributed by atoms with Gasteiger partial charge < -0.3 is 4.42 Å². The Hall–Kier alpha value is -2.93. The average molecular weight is 327 g/mol. The van der Waals surface area contributed by atoms with E-state index in [9.17, 15) is 8.42 Å². The Labute approximate surface area is 133 Å². The topological polar surface area (TPSA) is 84.6 Å². The molecule has 0 amide bonds. The molecular weight excluding hydrogens is 314 g/mol. The van der Waals surface area contributed by atoms with Crippen molar-refractivity contribution in [3.05, 3.63) is 72.9 Å². The number of hydrogen-bond donors (Lipinski definition) is 1. The van der Waals surface area contributed by atoms with Crippen LogP contribution in [0.25, 0.3) is 0 Å². The summed E-state index contributed by atoms with van der Waals surface area (Å²) in [5.41, 5.74) is 1.04. The lowest BCUT2D eigenvalue weighted by atomic mass is 10.3. The second-order valence-corrected chi connectivity index (χ2v) is 6.30. The van der Waals surface area contributed by atoms with Gasteiger partial charge in [-0.25, -0.2) is 8.42 Å². The van der Waals surface area contributed by atoms with Crippen molar-refractivity contribution in [2.45, 2.75) is 4.90 Å². The van der Waals surface area contributed by atoms with Crippen LogP contribution < -0.4 is 4.72 Å². The molecule has 0 bridgehead atoms. The average Bonchev–Trinajstić information content (AvgIpc) is 3.07. The van der Waals surface area contributed by atoms with Gasteiger partial charge in [0.05, 0.1) is 34.9 Å². The number of nitrogens with one attached hydrogen (secondary N) is 1. The first kappa shape index (κ1) is 15.0. The largest absolute Gasteiger partial charge is 0.463 e. The van der Waals surface area contributed by atoms with Gasteiger partial charge in [-0.05, 0) is 48.5 Å². The lowest BCUT2D eigenvalue weighted by Gasteiger charge is -2.07. The SMILES string of the molecule is O=S(=O)(Nc1cccnc1)c1ccc(N=Cc2ccco2)cc1. The summed E-state index contributed by atoms with van der Waals surface area (Å²) in [5, 5.41) is 0. The number of sulfonamides is 1. The maximum absolute atomic E-state index is 12.3. The minimum atomic E-state index is -3.65. The van der Waals surface area contributed by atoms with E-state index in [1.165, 1.54) is 18.3 Å². The summed E-state index contributed by atoms with van der Waals surface area (Å²) in [4.78, 5) is 8.23. The molecule has 116 valence electrons. The summed E-state index contributed by atoms with van der Waals surface area (Å²) in [6.07, 6.45) is 6.14. The first-order valence-electron chi connectivity index (χ1n) is 6.74. The predicted molar refractivity (Wildman–Crippen MR) is 87.4 cm³/mol. The standard InChI is InChI=1S/C16H13N3O3S/c20-23(21,19-14-3-1-9-17-11-14)16-7-5-13(6-8-16)18-12-15-4-2-10-22-15/h1-12,19H. The number of hydrogen-bond acceptors (Lipinski definition) is 5. The second kappa shape index (κ2) is 6.45. The van der Waals surface area contributed by atoms with Crippen LogP contribution in [0.5, 0.6) is 0 Å². The van der Waals surface area contributed by atoms with Gasteiger partial charge in [0.1, 0.15) is 5.76 Å². The number of anilines is 1. The van der Waals surface area contributed by atoms with E-state index in [1.54, 1.807) is 55.1 Å². The van der Waals surface area contributed by atoms with Crippen LogP contribution in [0.15, 0.2) is 81.5 Å². The summed E-state index contributed by atoms with van der Waals surface area (Å²) in [6.45, 7) is 0. The molecule has 0 aliphatic heterocycles. The first-order chi connectivity index (χ1) is 11.1. The summed E-state index contributed by atoms with van der Waals surface area (Å²) in [7, 11) is -3.65. The molecular formula is C16H13N3O3S. The van der Waals surface area contributed by atoms with Gasteiger partial charge in [-0.1, -0.05) is 0 Å². The zero-order chi connectivity index (χ0) is 16.1. The summed E-state index contributed by atoms with van der Waals surface area (Å²) < 4.78 is 32.1. The van der Waals surface area contributed by atoms with Crippen molar-refractivity contribution in [2.24, 2.45) is 4.99 Å². The highest BCUT2D eigenvalue weighted by Gasteiger charge is 2.13. The molecule has 7 heteroatoms. The number of aliphatic imine (C=N–C) groups is 1. The fraction of sp³-hybridized carbons (Fsp3) is 0. The molecule has 2 heterocycles. The van der Waals surface area contributed by atoms with E-state index in [2.05, 4.69) is 14.7 Å². The highest BCUT2D eigenvalue weighted by atomic mass is 32.2. The highest BCUT2D eigenvalue weighted by molar-refractivity contribution is 7.92. The third-order valence-electron chi connectivity index (χ3n) is 2.94. The van der Waals surface area contributed by atoms with Crippen molar-refractivity contribution < 1.29 is 12.8 Å². The highest BCUT2D eigenvalue weighted by Crippen LogP contribution is 2.19. The molecule has 1 N–H and O–H groups in total. The Morgan fingerprint density at radius 1 is 1.09 bits per heavy atom. The number of aromatic nitrogens is 1. The number of benzene rings is 1. The minimum Gasteiger partial charge on any atom is -0.463 e. The van der Waals surface area contributed by atoms with Gasteiger partial charge in [0.2, 0.25) is 0 Å². The Balaban J connectivity index is 1.76. The molecule has 1 aromatic carbocycles. The third kappa shape index (κ3) is 3.83. The second-order valence-electron chi connectivity index (χ2n) is 4.61. The maximum atomic E-state index is 12.3. The normalized spacial score (nSPS) is 11.7. The van der Waals surface area contributed by atoms with Crippen molar-refractivity contribution in [3.8, 4) is 0 Å². The molecule has 0 fully saturated rings. The lowest BCUT2D eigenvalue weighted by Crippen LogP contribution is -2.12. The number of nitrogens with zero attached hydrogens (tertiary/aromatic N) is 2. The van der Waals surface area contributed by atoms with E-state index in [0.717, 1.165) is 0 Å². The van der Waals surface area contributed by atoms with E-state index in [4.69, 9.17) is 4.42 Å². The van der Waals surface area contributed by atoms with Gasteiger partial charge in [-0.15, -0.1) is 0 Å². The quantitative estimate of drug-likeness (QED) is 0.729. The van der Waals surface area contributed by atoms with Crippen LogP contribution in [0.4, 0.5) is 11.4 Å². The third-order valence-corrected chi connectivity index (χ3v) is 4.34. The van der Waals surface area contributed by atoms with Crippen LogP contribution in [0, 0.1) is 0 Å². The number of rotatable bonds is 5. The van der Waals surface area contributed by atoms with Crippen molar-refractivity contribution in [2.75, 3.05) is 4.72 Å². The van der Waals surface area contributed by atoms with Crippen molar-refractivity contribution in [3.63, 3.8) is 0 Å². The van der Waals surface area contributed by atoms with Gasteiger partial charge in [0, 0.05) is 6.20 Å². The Morgan fingerprint density at radius 2 is 1.91 bits per heavy atom. The summed E-state index contributed by atoms with van der Waals surface area (Å²) in [5.74, 6) is 0.625. The number of furan rings is 1. The molecule has 0 spiro atoms. The molecule has 3 rings (SSSR count). The molecule has 0 atom stereocenters. The van der Waals surface area contributed by atoms with Crippen LogP contribution >= 0.6 is 0 Å². The Bertz CT molecular complexity index is 888. The Morgan fingerprint density at radius 3 is 2.57 bits per heavy atom. The monoisotopic (exact) mass is 327 g/mol. The van der Waals surface area contributed by atoms with Gasteiger partial charge in [-0.2, -0.15) is 0 Å². The zero-order valence-electron chi connectivity index (χ0n) is 12.0. The molecule has 3 aromatic rings. The first-order valence-corrected chi connectivity index (χ1v) is 8.22. The van der Waals surface area contributed by atoms with Crippen molar-refractivity contribution in [1.29, 1.82) is 0 Å². The van der Waals surface area contributed by atoms with Crippen LogP contribution in [0.1, 0.15) is 5.76 Å². The van der Waals surface area contributed by atoms with Gasteiger partial charge in [-0.3, -0.25) is 14.7 Å². The van der Waals surface area contributed by atoms with Gasteiger partial charge in [0.15, 0.2) is 0 Å². The lowest BCUT2D eigenvalue weighted by molar-refractivity contribution is 0.560. The van der Waals surface area contributed by atoms with Crippen LogP contribution in [0.3, 0.4) is 0 Å². The predicted octanol–water partition coefficient (Wildman–Crippen LogP) is 3.23. The van der Waals surface area contributed by atoms with Crippen molar-refractivity contribution >= 4 is 27.6 Å². The smallest absolute Gasteiger partial charge is 0.261 e. The zero-order valence-corrected chi connectivity index (χ0v) is 12.8. The molecule has 23 heavy (non-hydrogen) atoms. The van der Waals surface area contributed by atoms with Crippen LogP contribution in [0.2, 0.25) is 0 Å². The molecule has 0 radical (unpaired) electrons. The molecule has 0 saturated carbocycles. The Kier molecular flexibility index (Phi) is 4.20. The fourth-order valence-electron chi connectivity index (χ4n) is 1.85. The summed E-state index contributed by atoms with van der Waals surface area (Å²) in [6, 6.07) is 13.1. The molecule has 0 aliphatic rings. The van der Waals surface area contributed by atoms with E-state index in [-0.39, 0.29) is 4.90 Å². The molecule has 0 unspecified atom stereocenters.